The molecular weight excluding hydrogens is 648 g/mol. The van der Waals surface area contributed by atoms with Crippen LogP contribution in [-0.2, 0) is 37.8 Å². The van der Waals surface area contributed by atoms with Crippen LogP contribution in [0.3, 0.4) is 0 Å². The van der Waals surface area contributed by atoms with E-state index in [1.165, 1.54) is 13.8 Å². The molecule has 2 saturated carbocycles. The number of carbonyl (C=O) groups excluding carboxylic acids is 4. The summed E-state index contributed by atoms with van der Waals surface area (Å²) in [5, 5.41) is 24.8. The molecule has 270 valence electrons. The lowest BCUT2D eigenvalue weighted by Crippen LogP contribution is -2.82. The van der Waals surface area contributed by atoms with Gasteiger partial charge in [-0.25, -0.2) is 4.79 Å². The number of hydrogen-bond acceptors (Lipinski definition) is 11. The van der Waals surface area contributed by atoms with Crippen molar-refractivity contribution in [2.24, 2.45) is 16.7 Å². The minimum Gasteiger partial charge on any atom is -0.455 e. The van der Waals surface area contributed by atoms with Gasteiger partial charge in [0.15, 0.2) is 25.8 Å². The van der Waals surface area contributed by atoms with Gasteiger partial charge in [-0.1, -0.05) is 52.8 Å². The van der Waals surface area contributed by atoms with E-state index in [2.05, 4.69) is 20.8 Å². The van der Waals surface area contributed by atoms with Gasteiger partial charge in [0.1, 0.15) is 17.8 Å². The first-order valence-corrected chi connectivity index (χ1v) is 20.0. The zero-order valence-corrected chi connectivity index (χ0v) is 31.2. The molecular formula is C37H52O11Si. The van der Waals surface area contributed by atoms with Gasteiger partial charge >= 0.3 is 17.9 Å². The summed E-state index contributed by atoms with van der Waals surface area (Å²) in [5.41, 5.74) is -5.83. The Morgan fingerprint density at radius 1 is 0.980 bits per heavy atom. The van der Waals surface area contributed by atoms with Crippen molar-refractivity contribution in [3.8, 4) is 0 Å². The van der Waals surface area contributed by atoms with Crippen molar-refractivity contribution < 1.29 is 52.8 Å². The van der Waals surface area contributed by atoms with Gasteiger partial charge in [0.2, 0.25) is 0 Å². The Bertz CT molecular complexity index is 1510. The van der Waals surface area contributed by atoms with Gasteiger partial charge in [-0.2, -0.15) is 0 Å². The number of fused-ring (bicyclic) bond motifs is 5. The standard InChI is InChI=1S/C37H52O11Si/c1-10-49(11-2,12-3)48-26-18-27-36(20-44-27,47-23(6)39)30-32(46-33(42)24-16-14-13-15-17-24)37(43)19-25(40)21(4)28(34(37,7)8)29(45-22(5)38)31(41)35(26,30)9/h13-17,25-27,29-30,32,40,43H,10-12,18-20H2,1-9H3. The molecule has 3 aliphatic carbocycles. The third-order valence-corrected chi connectivity index (χ3v) is 17.2. The molecule has 1 aliphatic heterocycles. The van der Waals surface area contributed by atoms with E-state index < -0.39 is 90.5 Å². The van der Waals surface area contributed by atoms with Crippen LogP contribution in [0.2, 0.25) is 18.1 Å². The number of Topliss-reactive ketones (excluding diaryl/α,β-unsaturated/α-hetero) is 1. The fraction of sp³-hybridized carbons (Fsp3) is 0.676. The van der Waals surface area contributed by atoms with E-state index in [4.69, 9.17) is 23.4 Å². The number of ether oxygens (including phenoxy) is 4. The van der Waals surface area contributed by atoms with Crippen LogP contribution < -0.4 is 0 Å². The number of aliphatic hydroxyl groups is 2. The smallest absolute Gasteiger partial charge is 0.338 e. The van der Waals surface area contributed by atoms with Crippen molar-refractivity contribution in [2.45, 2.75) is 135 Å². The Morgan fingerprint density at radius 3 is 2.10 bits per heavy atom. The van der Waals surface area contributed by atoms with E-state index in [1.807, 2.05) is 0 Å². The lowest BCUT2D eigenvalue weighted by molar-refractivity contribution is -0.344. The van der Waals surface area contributed by atoms with E-state index in [0.717, 1.165) is 18.1 Å². The predicted octanol–water partition coefficient (Wildman–Crippen LogP) is 4.68. The minimum absolute atomic E-state index is 0.131. The van der Waals surface area contributed by atoms with Gasteiger partial charge < -0.3 is 33.6 Å². The van der Waals surface area contributed by atoms with Crippen LogP contribution in [0.25, 0.3) is 0 Å². The third-order valence-electron chi connectivity index (χ3n) is 12.5. The topological polar surface area (TPSA) is 155 Å². The average molecular weight is 701 g/mol. The van der Waals surface area contributed by atoms with Crippen LogP contribution in [0, 0.1) is 16.7 Å². The van der Waals surface area contributed by atoms with E-state index in [1.54, 1.807) is 58.0 Å². The second kappa shape index (κ2) is 13.0. The molecule has 1 saturated heterocycles. The molecule has 2 bridgehead atoms. The molecule has 12 heteroatoms. The van der Waals surface area contributed by atoms with Crippen molar-refractivity contribution >= 4 is 32.0 Å². The molecule has 0 amide bonds. The molecule has 0 aromatic heterocycles. The monoisotopic (exact) mass is 700 g/mol. The summed E-state index contributed by atoms with van der Waals surface area (Å²) < 4.78 is 31.9. The van der Waals surface area contributed by atoms with Crippen LogP contribution in [0.5, 0.6) is 0 Å². The second-order valence-electron chi connectivity index (χ2n) is 15.1. The van der Waals surface area contributed by atoms with Crippen LogP contribution >= 0.6 is 0 Å². The van der Waals surface area contributed by atoms with Gasteiger partial charge in [0.05, 0.1) is 35.7 Å². The van der Waals surface area contributed by atoms with E-state index >= 15 is 4.79 Å². The van der Waals surface area contributed by atoms with Crippen molar-refractivity contribution in [3.05, 3.63) is 47.0 Å². The summed E-state index contributed by atoms with van der Waals surface area (Å²) in [5.74, 6) is -3.91. The maximum Gasteiger partial charge on any atom is 0.338 e. The highest BCUT2D eigenvalue weighted by Crippen LogP contribution is 2.65. The van der Waals surface area contributed by atoms with Gasteiger partial charge in [-0.15, -0.1) is 0 Å². The molecule has 9 atom stereocenters. The van der Waals surface area contributed by atoms with Crippen molar-refractivity contribution in [2.75, 3.05) is 6.61 Å². The molecule has 5 rings (SSSR count). The third kappa shape index (κ3) is 5.62. The van der Waals surface area contributed by atoms with Crippen LogP contribution in [-0.4, -0.2) is 90.6 Å². The van der Waals surface area contributed by atoms with Crippen molar-refractivity contribution in [3.63, 3.8) is 0 Å². The quantitative estimate of drug-likeness (QED) is 0.160. The fourth-order valence-corrected chi connectivity index (χ4v) is 12.3. The van der Waals surface area contributed by atoms with Gasteiger partial charge in [-0.05, 0) is 55.3 Å². The number of carbonyl (C=O) groups is 4. The summed E-state index contributed by atoms with van der Waals surface area (Å²) in [6.07, 6.45) is -6.04. The Balaban J connectivity index is 1.88. The number of aliphatic hydroxyl groups excluding tert-OH is 1. The van der Waals surface area contributed by atoms with Crippen molar-refractivity contribution in [1.29, 1.82) is 0 Å². The van der Waals surface area contributed by atoms with E-state index in [0.29, 0.717) is 5.57 Å². The molecule has 4 aliphatic rings. The molecule has 49 heavy (non-hydrogen) atoms. The summed E-state index contributed by atoms with van der Waals surface area (Å²) in [4.78, 5) is 55.5. The lowest BCUT2D eigenvalue weighted by atomic mass is 9.44. The molecule has 2 N–H and O–H groups in total. The predicted molar refractivity (Wildman–Crippen MR) is 181 cm³/mol. The molecule has 0 radical (unpaired) electrons. The zero-order chi connectivity index (χ0) is 36.3. The molecule has 1 heterocycles. The summed E-state index contributed by atoms with van der Waals surface area (Å²) in [7, 11) is -2.48. The van der Waals surface area contributed by atoms with Crippen LogP contribution in [0.1, 0.15) is 85.5 Å². The lowest BCUT2D eigenvalue weighted by Gasteiger charge is -2.68. The first kappa shape index (κ1) is 37.4. The first-order valence-electron chi connectivity index (χ1n) is 17.5. The normalized spacial score (nSPS) is 36.7. The summed E-state index contributed by atoms with van der Waals surface area (Å²) in [6.45, 7) is 15.3. The maximum absolute atomic E-state index is 15.6. The second-order valence-corrected chi connectivity index (χ2v) is 19.8. The molecule has 1 aromatic rings. The number of ketones is 1. The Labute approximate surface area is 289 Å². The number of rotatable bonds is 9. The molecule has 0 spiro atoms. The molecule has 9 unspecified atom stereocenters. The SMILES string of the molecule is CC[Si](CC)(CC)OC1CC2OCC2(OC(C)=O)C2C(OC(=O)c3ccccc3)C3(O)CC(O)C(C)=C(C(OC(C)=O)C(=O)C12C)C3(C)C. The number of benzene rings is 1. The van der Waals surface area contributed by atoms with Crippen molar-refractivity contribution in [1.82, 2.24) is 0 Å². The molecule has 1 aromatic carbocycles. The van der Waals surface area contributed by atoms with Crippen LogP contribution in [0.15, 0.2) is 41.5 Å². The Morgan fingerprint density at radius 2 is 1.59 bits per heavy atom. The zero-order valence-electron chi connectivity index (χ0n) is 30.2. The van der Waals surface area contributed by atoms with Gasteiger partial charge in [0, 0.05) is 32.1 Å². The Kier molecular flexibility index (Phi) is 9.92. The largest absolute Gasteiger partial charge is 0.455 e. The van der Waals surface area contributed by atoms with Crippen LogP contribution in [0.4, 0.5) is 0 Å². The van der Waals surface area contributed by atoms with Gasteiger partial charge in [-0.3, -0.25) is 14.4 Å². The highest BCUT2D eigenvalue weighted by Gasteiger charge is 2.78. The van der Waals surface area contributed by atoms with E-state index in [-0.39, 0.29) is 30.6 Å². The number of esters is 3. The highest BCUT2D eigenvalue weighted by atomic mass is 28.4. The maximum atomic E-state index is 15.6. The highest BCUT2D eigenvalue weighted by molar-refractivity contribution is 6.73. The van der Waals surface area contributed by atoms with E-state index in [9.17, 15) is 24.6 Å². The Hall–Kier alpha value is -2.90. The molecule has 3 fully saturated rings. The average Bonchev–Trinajstić information content (AvgIpc) is 3.04. The fourth-order valence-electron chi connectivity index (χ4n) is 9.36. The molecule has 11 nitrogen and oxygen atoms in total. The summed E-state index contributed by atoms with van der Waals surface area (Å²) >= 11 is 0. The first-order chi connectivity index (χ1) is 22.9. The minimum atomic E-state index is -2.48. The van der Waals surface area contributed by atoms with Gasteiger partial charge in [0.25, 0.3) is 0 Å². The summed E-state index contributed by atoms with van der Waals surface area (Å²) in [6, 6.07) is 10.6. The number of hydrogen-bond donors (Lipinski definition) is 2.